The van der Waals surface area contributed by atoms with E-state index in [9.17, 15) is 4.79 Å². The first kappa shape index (κ1) is 12.6. The number of rotatable bonds is 7. The van der Waals surface area contributed by atoms with Gasteiger partial charge in [0.15, 0.2) is 0 Å². The number of carbonyl (C=O) groups is 1. The lowest BCUT2D eigenvalue weighted by Gasteiger charge is -2.01. The van der Waals surface area contributed by atoms with E-state index in [4.69, 9.17) is 10.8 Å². The van der Waals surface area contributed by atoms with E-state index >= 15 is 0 Å². The van der Waals surface area contributed by atoms with Crippen LogP contribution in [0.25, 0.3) is 0 Å². The summed E-state index contributed by atoms with van der Waals surface area (Å²) in [7, 11) is 0. The quantitative estimate of drug-likeness (QED) is 0.657. The van der Waals surface area contributed by atoms with Crippen molar-refractivity contribution in [1.29, 1.82) is 0 Å². The number of nitrogens with two attached hydrogens (primary N) is 1. The van der Waals surface area contributed by atoms with Gasteiger partial charge in [-0.1, -0.05) is 25.0 Å². The minimum atomic E-state index is -1.01. The molecular formula is C10H18N4O2. The van der Waals surface area contributed by atoms with E-state index in [1.165, 1.54) is 0 Å². The highest BCUT2D eigenvalue weighted by Crippen LogP contribution is 2.01. The number of unbranched alkanes of at least 4 members (excludes halogenated alkanes) is 2. The molecule has 0 bridgehead atoms. The van der Waals surface area contributed by atoms with Gasteiger partial charge in [-0.3, -0.25) is 9.48 Å². The molecule has 6 heteroatoms. The number of carboxylic acids is 1. The molecule has 1 heterocycles. The number of nitrogens with zero attached hydrogens (tertiary/aromatic N) is 3. The van der Waals surface area contributed by atoms with Crippen LogP contribution in [-0.2, 0) is 17.8 Å². The molecule has 0 radical (unpaired) electrons. The lowest BCUT2D eigenvalue weighted by molar-refractivity contribution is -0.138. The largest absolute Gasteiger partial charge is 0.480 e. The standard InChI is InChI=1S/C10H18N4O2/c1-2-3-4-5-14-7-8(12-13-14)6-9(11)10(15)16/h7,9H,2-6,11H2,1H3,(H,15,16). The molecule has 0 spiro atoms. The molecule has 90 valence electrons. The summed E-state index contributed by atoms with van der Waals surface area (Å²) < 4.78 is 1.74. The third kappa shape index (κ3) is 3.98. The van der Waals surface area contributed by atoms with E-state index in [-0.39, 0.29) is 6.42 Å². The Labute approximate surface area is 94.4 Å². The monoisotopic (exact) mass is 226 g/mol. The van der Waals surface area contributed by atoms with Crippen LogP contribution in [0.3, 0.4) is 0 Å². The Morgan fingerprint density at radius 2 is 2.38 bits per heavy atom. The Bertz CT molecular complexity index is 337. The SMILES string of the molecule is CCCCCn1cc(CC(N)C(=O)O)nn1. The van der Waals surface area contributed by atoms with Crippen LogP contribution >= 0.6 is 0 Å². The zero-order valence-corrected chi connectivity index (χ0v) is 9.46. The molecule has 0 fully saturated rings. The van der Waals surface area contributed by atoms with Crippen molar-refractivity contribution in [2.75, 3.05) is 0 Å². The second-order valence-corrected chi connectivity index (χ2v) is 3.83. The van der Waals surface area contributed by atoms with Gasteiger partial charge in [0.2, 0.25) is 0 Å². The van der Waals surface area contributed by atoms with Gasteiger partial charge in [-0.2, -0.15) is 0 Å². The summed E-state index contributed by atoms with van der Waals surface area (Å²) in [5.74, 6) is -1.01. The molecule has 0 saturated carbocycles. The zero-order chi connectivity index (χ0) is 12.0. The fourth-order valence-corrected chi connectivity index (χ4v) is 1.38. The molecule has 0 amide bonds. The Balaban J connectivity index is 2.42. The molecule has 1 rings (SSSR count). The summed E-state index contributed by atoms with van der Waals surface area (Å²) in [5, 5.41) is 16.4. The van der Waals surface area contributed by atoms with Crippen molar-refractivity contribution in [3.63, 3.8) is 0 Å². The molecule has 0 saturated heterocycles. The van der Waals surface area contributed by atoms with Gasteiger partial charge in [-0.25, -0.2) is 0 Å². The van der Waals surface area contributed by atoms with Crippen LogP contribution in [0.4, 0.5) is 0 Å². The molecule has 1 unspecified atom stereocenters. The van der Waals surface area contributed by atoms with Gasteiger partial charge in [0.05, 0.1) is 5.69 Å². The first-order valence-corrected chi connectivity index (χ1v) is 5.51. The molecular weight excluding hydrogens is 208 g/mol. The number of hydrogen-bond acceptors (Lipinski definition) is 4. The predicted molar refractivity (Wildman–Crippen MR) is 58.9 cm³/mol. The number of aliphatic carboxylic acids is 1. The van der Waals surface area contributed by atoms with Crippen LogP contribution in [-0.4, -0.2) is 32.1 Å². The summed E-state index contributed by atoms with van der Waals surface area (Å²) >= 11 is 0. The second kappa shape index (κ2) is 6.22. The Hall–Kier alpha value is -1.43. The summed E-state index contributed by atoms with van der Waals surface area (Å²) in [4.78, 5) is 10.5. The van der Waals surface area contributed by atoms with Gasteiger partial charge in [-0.15, -0.1) is 5.10 Å². The van der Waals surface area contributed by atoms with Crippen molar-refractivity contribution >= 4 is 5.97 Å². The average molecular weight is 226 g/mol. The first-order chi connectivity index (χ1) is 7.63. The smallest absolute Gasteiger partial charge is 0.320 e. The van der Waals surface area contributed by atoms with E-state index in [1.54, 1.807) is 10.9 Å². The Morgan fingerprint density at radius 1 is 1.62 bits per heavy atom. The second-order valence-electron chi connectivity index (χ2n) is 3.83. The number of carboxylic acid groups (broad SMARTS) is 1. The van der Waals surface area contributed by atoms with Crippen LogP contribution < -0.4 is 5.73 Å². The number of aryl methyl sites for hydroxylation is 1. The fraction of sp³-hybridized carbons (Fsp3) is 0.700. The van der Waals surface area contributed by atoms with Gasteiger partial charge in [0.25, 0.3) is 0 Å². The van der Waals surface area contributed by atoms with Gasteiger partial charge < -0.3 is 10.8 Å². The summed E-state index contributed by atoms with van der Waals surface area (Å²) in [5.41, 5.74) is 6.03. The zero-order valence-electron chi connectivity index (χ0n) is 9.46. The molecule has 6 nitrogen and oxygen atoms in total. The maximum absolute atomic E-state index is 10.5. The van der Waals surface area contributed by atoms with Crippen LogP contribution in [0.1, 0.15) is 31.9 Å². The van der Waals surface area contributed by atoms with Crippen LogP contribution in [0.5, 0.6) is 0 Å². The molecule has 0 aliphatic rings. The van der Waals surface area contributed by atoms with Gasteiger partial charge in [-0.05, 0) is 6.42 Å². The molecule has 0 aliphatic carbocycles. The van der Waals surface area contributed by atoms with E-state index in [2.05, 4.69) is 17.2 Å². The summed E-state index contributed by atoms with van der Waals surface area (Å²) in [6, 6.07) is -0.902. The first-order valence-electron chi connectivity index (χ1n) is 5.51. The molecule has 1 aromatic heterocycles. The van der Waals surface area contributed by atoms with Crippen LogP contribution in [0, 0.1) is 0 Å². The van der Waals surface area contributed by atoms with Crippen molar-refractivity contribution in [1.82, 2.24) is 15.0 Å². The molecule has 1 atom stereocenters. The van der Waals surface area contributed by atoms with Gasteiger partial charge >= 0.3 is 5.97 Å². The Kier molecular flexibility index (Phi) is 4.91. The topological polar surface area (TPSA) is 94.0 Å². The van der Waals surface area contributed by atoms with E-state index in [0.29, 0.717) is 5.69 Å². The molecule has 0 aromatic carbocycles. The van der Waals surface area contributed by atoms with E-state index < -0.39 is 12.0 Å². The maximum Gasteiger partial charge on any atom is 0.320 e. The third-order valence-electron chi connectivity index (χ3n) is 2.32. The van der Waals surface area contributed by atoms with E-state index in [1.807, 2.05) is 0 Å². The highest BCUT2D eigenvalue weighted by Gasteiger charge is 2.14. The van der Waals surface area contributed by atoms with Crippen LogP contribution in [0.15, 0.2) is 6.20 Å². The summed E-state index contributed by atoms with van der Waals surface area (Å²) in [6.45, 7) is 2.96. The maximum atomic E-state index is 10.5. The molecule has 0 aliphatic heterocycles. The number of hydrogen-bond donors (Lipinski definition) is 2. The van der Waals surface area contributed by atoms with Gasteiger partial charge in [0.1, 0.15) is 6.04 Å². The molecule has 1 aromatic rings. The van der Waals surface area contributed by atoms with Crippen molar-refractivity contribution < 1.29 is 9.90 Å². The predicted octanol–water partition coefficient (Wildman–Crippen LogP) is 0.423. The van der Waals surface area contributed by atoms with Crippen molar-refractivity contribution in [3.8, 4) is 0 Å². The average Bonchev–Trinajstić information content (AvgIpc) is 2.66. The normalized spacial score (nSPS) is 12.6. The number of aromatic nitrogens is 3. The van der Waals surface area contributed by atoms with Gasteiger partial charge in [0, 0.05) is 19.2 Å². The lowest BCUT2D eigenvalue weighted by Crippen LogP contribution is -2.32. The minimum absolute atomic E-state index is 0.225. The molecule has 3 N–H and O–H groups in total. The lowest BCUT2D eigenvalue weighted by atomic mass is 10.2. The fourth-order valence-electron chi connectivity index (χ4n) is 1.38. The third-order valence-corrected chi connectivity index (χ3v) is 2.32. The van der Waals surface area contributed by atoms with Crippen LogP contribution in [0.2, 0.25) is 0 Å². The van der Waals surface area contributed by atoms with Crippen molar-refractivity contribution in [2.24, 2.45) is 5.73 Å². The highest BCUT2D eigenvalue weighted by atomic mass is 16.4. The molecule has 16 heavy (non-hydrogen) atoms. The van der Waals surface area contributed by atoms with E-state index in [0.717, 1.165) is 25.8 Å². The Morgan fingerprint density at radius 3 is 3.00 bits per heavy atom. The summed E-state index contributed by atoms with van der Waals surface area (Å²) in [6.07, 6.45) is 5.36. The van der Waals surface area contributed by atoms with Crippen molar-refractivity contribution in [2.45, 2.75) is 45.2 Å². The minimum Gasteiger partial charge on any atom is -0.480 e. The van der Waals surface area contributed by atoms with Crippen molar-refractivity contribution in [3.05, 3.63) is 11.9 Å². The highest BCUT2D eigenvalue weighted by molar-refractivity contribution is 5.73.